The summed E-state index contributed by atoms with van der Waals surface area (Å²) in [4.78, 5) is 13.4. The summed E-state index contributed by atoms with van der Waals surface area (Å²) in [6.45, 7) is 6.76. The van der Waals surface area contributed by atoms with Gasteiger partial charge >= 0.3 is 5.97 Å². The van der Waals surface area contributed by atoms with E-state index >= 15 is 0 Å². The minimum Gasteiger partial charge on any atom is -0.463 e. The molecule has 1 fully saturated rings. The van der Waals surface area contributed by atoms with E-state index in [1.165, 1.54) is 6.08 Å². The Hall–Kier alpha value is -0.870. The molecule has 0 aromatic rings. The number of aliphatic hydroxyl groups is 1. The number of rotatable bonds is 5. The number of carbonyl (C=O) groups is 1. The zero-order valence-corrected chi connectivity index (χ0v) is 10.8. The van der Waals surface area contributed by atoms with Gasteiger partial charge in [0.15, 0.2) is 0 Å². The molecule has 0 aliphatic carbocycles. The highest BCUT2D eigenvalue weighted by atomic mass is 16.5. The van der Waals surface area contributed by atoms with E-state index in [2.05, 4.69) is 4.90 Å². The lowest BCUT2D eigenvalue weighted by Crippen LogP contribution is -2.39. The average Bonchev–Trinajstić information content (AvgIpc) is 2.30. The molecule has 0 radical (unpaired) electrons. The third kappa shape index (κ3) is 5.33. The standard InChI is InChI=1S/C13H23NO3/c1-3-17-13(16)7-5-9-14-8-4-6-12(10-14)11(2)15/h5,7,11-12,15H,3-4,6,8-10H2,1-2H3. The van der Waals surface area contributed by atoms with E-state index < -0.39 is 0 Å². The number of hydrogen-bond donors (Lipinski definition) is 1. The Bertz CT molecular complexity index is 263. The fourth-order valence-corrected chi connectivity index (χ4v) is 2.14. The molecular weight excluding hydrogens is 218 g/mol. The quantitative estimate of drug-likeness (QED) is 0.580. The van der Waals surface area contributed by atoms with Gasteiger partial charge in [0.1, 0.15) is 0 Å². The molecule has 0 amide bonds. The monoisotopic (exact) mass is 241 g/mol. The van der Waals surface area contributed by atoms with Crippen LogP contribution in [0.4, 0.5) is 0 Å². The predicted octanol–water partition coefficient (Wildman–Crippen LogP) is 1.20. The zero-order valence-electron chi connectivity index (χ0n) is 10.8. The predicted molar refractivity (Wildman–Crippen MR) is 66.6 cm³/mol. The minimum absolute atomic E-state index is 0.244. The van der Waals surface area contributed by atoms with E-state index in [1.807, 2.05) is 13.0 Å². The lowest BCUT2D eigenvalue weighted by atomic mass is 9.93. The van der Waals surface area contributed by atoms with Gasteiger partial charge in [0.25, 0.3) is 0 Å². The van der Waals surface area contributed by atoms with Crippen molar-refractivity contribution < 1.29 is 14.6 Å². The second-order valence-corrected chi connectivity index (χ2v) is 4.56. The molecule has 1 N–H and O–H groups in total. The van der Waals surface area contributed by atoms with Crippen LogP contribution in [0.5, 0.6) is 0 Å². The first-order valence-corrected chi connectivity index (χ1v) is 6.37. The number of ether oxygens (including phenoxy) is 1. The summed E-state index contributed by atoms with van der Waals surface area (Å²) in [5.74, 6) is 0.0799. The minimum atomic E-state index is -0.281. The maximum Gasteiger partial charge on any atom is 0.330 e. The lowest BCUT2D eigenvalue weighted by Gasteiger charge is -2.33. The van der Waals surface area contributed by atoms with Gasteiger partial charge < -0.3 is 9.84 Å². The molecular formula is C13H23NO3. The van der Waals surface area contributed by atoms with Gasteiger partial charge in [-0.25, -0.2) is 4.79 Å². The van der Waals surface area contributed by atoms with Crippen molar-refractivity contribution in [3.05, 3.63) is 12.2 Å². The first-order chi connectivity index (χ1) is 8.13. The third-order valence-corrected chi connectivity index (χ3v) is 3.13. The molecule has 0 aromatic heterocycles. The molecule has 0 aromatic carbocycles. The van der Waals surface area contributed by atoms with Gasteiger partial charge in [-0.15, -0.1) is 0 Å². The lowest BCUT2D eigenvalue weighted by molar-refractivity contribution is -0.137. The summed E-state index contributed by atoms with van der Waals surface area (Å²) in [7, 11) is 0. The molecule has 1 heterocycles. The highest BCUT2D eigenvalue weighted by Gasteiger charge is 2.22. The Balaban J connectivity index is 2.29. The Morgan fingerprint density at radius 1 is 1.65 bits per heavy atom. The second kappa shape index (κ2) is 7.45. The molecule has 1 rings (SSSR count). The molecule has 1 saturated heterocycles. The molecule has 4 heteroatoms. The van der Waals surface area contributed by atoms with Crippen molar-refractivity contribution in [1.82, 2.24) is 4.90 Å². The van der Waals surface area contributed by atoms with Crippen molar-refractivity contribution in [2.75, 3.05) is 26.2 Å². The van der Waals surface area contributed by atoms with Crippen molar-refractivity contribution in [1.29, 1.82) is 0 Å². The first-order valence-electron chi connectivity index (χ1n) is 6.37. The number of hydrogen-bond acceptors (Lipinski definition) is 4. The molecule has 1 aliphatic heterocycles. The fourth-order valence-electron chi connectivity index (χ4n) is 2.14. The zero-order chi connectivity index (χ0) is 12.7. The summed E-state index contributed by atoms with van der Waals surface area (Å²) >= 11 is 0. The van der Waals surface area contributed by atoms with E-state index in [4.69, 9.17) is 4.74 Å². The Kier molecular flexibility index (Phi) is 6.22. The summed E-state index contributed by atoms with van der Waals surface area (Å²) in [6, 6.07) is 0. The molecule has 0 spiro atoms. The molecule has 17 heavy (non-hydrogen) atoms. The summed E-state index contributed by atoms with van der Waals surface area (Å²) < 4.78 is 4.81. The maximum atomic E-state index is 11.1. The second-order valence-electron chi connectivity index (χ2n) is 4.56. The van der Waals surface area contributed by atoms with Gasteiger partial charge in [-0.3, -0.25) is 4.90 Å². The number of piperidine rings is 1. The van der Waals surface area contributed by atoms with Crippen LogP contribution in [0.1, 0.15) is 26.7 Å². The van der Waals surface area contributed by atoms with Crippen LogP contribution in [0, 0.1) is 5.92 Å². The molecule has 4 nitrogen and oxygen atoms in total. The van der Waals surface area contributed by atoms with Crippen LogP contribution in [0.25, 0.3) is 0 Å². The van der Waals surface area contributed by atoms with Gasteiger partial charge in [-0.2, -0.15) is 0 Å². The number of esters is 1. The third-order valence-electron chi connectivity index (χ3n) is 3.13. The highest BCUT2D eigenvalue weighted by Crippen LogP contribution is 2.19. The summed E-state index contributed by atoms with van der Waals surface area (Å²) in [5, 5.41) is 9.56. The molecule has 0 bridgehead atoms. The number of carbonyl (C=O) groups excluding carboxylic acids is 1. The van der Waals surface area contributed by atoms with Crippen molar-refractivity contribution in [3.8, 4) is 0 Å². The summed E-state index contributed by atoms with van der Waals surface area (Å²) in [5.41, 5.74) is 0. The normalized spacial score (nSPS) is 23.8. The number of likely N-dealkylation sites (tertiary alicyclic amines) is 1. The highest BCUT2D eigenvalue weighted by molar-refractivity contribution is 5.81. The van der Waals surface area contributed by atoms with Crippen molar-refractivity contribution in [2.24, 2.45) is 5.92 Å². The van der Waals surface area contributed by atoms with Gasteiger partial charge in [0.05, 0.1) is 12.7 Å². The van der Waals surface area contributed by atoms with Crippen LogP contribution in [-0.4, -0.2) is 48.3 Å². The fraction of sp³-hybridized carbons (Fsp3) is 0.769. The number of aliphatic hydroxyl groups excluding tert-OH is 1. The molecule has 98 valence electrons. The van der Waals surface area contributed by atoms with Crippen LogP contribution in [-0.2, 0) is 9.53 Å². The van der Waals surface area contributed by atoms with Crippen LogP contribution in [0.3, 0.4) is 0 Å². The average molecular weight is 241 g/mol. The number of nitrogens with zero attached hydrogens (tertiary/aromatic N) is 1. The van der Waals surface area contributed by atoms with Crippen molar-refractivity contribution >= 4 is 5.97 Å². The van der Waals surface area contributed by atoms with Crippen LogP contribution >= 0.6 is 0 Å². The first kappa shape index (κ1) is 14.2. The van der Waals surface area contributed by atoms with E-state index in [1.54, 1.807) is 6.92 Å². The van der Waals surface area contributed by atoms with Crippen LogP contribution < -0.4 is 0 Å². The van der Waals surface area contributed by atoms with Crippen LogP contribution in [0.15, 0.2) is 12.2 Å². The Morgan fingerprint density at radius 3 is 3.06 bits per heavy atom. The van der Waals surface area contributed by atoms with Gasteiger partial charge in [0, 0.05) is 19.2 Å². The van der Waals surface area contributed by atoms with E-state index in [9.17, 15) is 9.90 Å². The van der Waals surface area contributed by atoms with Gasteiger partial charge in [-0.05, 0) is 39.2 Å². The Morgan fingerprint density at radius 2 is 2.41 bits per heavy atom. The van der Waals surface area contributed by atoms with E-state index in [0.717, 1.165) is 32.5 Å². The molecule has 2 unspecified atom stereocenters. The summed E-state index contributed by atoms with van der Waals surface area (Å²) in [6.07, 6.45) is 5.28. The topological polar surface area (TPSA) is 49.8 Å². The van der Waals surface area contributed by atoms with E-state index in [-0.39, 0.29) is 12.1 Å². The maximum absolute atomic E-state index is 11.1. The smallest absolute Gasteiger partial charge is 0.330 e. The van der Waals surface area contributed by atoms with Crippen molar-refractivity contribution in [3.63, 3.8) is 0 Å². The molecule has 1 aliphatic rings. The molecule has 2 atom stereocenters. The van der Waals surface area contributed by atoms with Gasteiger partial charge in [0.2, 0.25) is 0 Å². The SMILES string of the molecule is CCOC(=O)C=CCN1CCCC(C(C)O)C1. The largest absolute Gasteiger partial charge is 0.463 e. The van der Waals surface area contributed by atoms with Crippen molar-refractivity contribution in [2.45, 2.75) is 32.8 Å². The van der Waals surface area contributed by atoms with Crippen LogP contribution in [0.2, 0.25) is 0 Å². The molecule has 0 saturated carbocycles. The van der Waals surface area contributed by atoms with Gasteiger partial charge in [-0.1, -0.05) is 6.08 Å². The Labute approximate surface area is 103 Å². The van der Waals surface area contributed by atoms with E-state index in [0.29, 0.717) is 12.5 Å².